The first-order valence-electron chi connectivity index (χ1n) is 9.44. The molecule has 1 atom stereocenters. The molecule has 1 amide bonds. The van der Waals surface area contributed by atoms with Gasteiger partial charge in [0.15, 0.2) is 6.10 Å². The van der Waals surface area contributed by atoms with E-state index in [2.05, 4.69) is 9.71 Å². The number of hydrogen-bond acceptors (Lipinski definition) is 4. The van der Waals surface area contributed by atoms with Crippen LogP contribution in [0.5, 0.6) is 5.75 Å². The topological polar surface area (TPSA) is 88.1 Å². The zero-order valence-corrected chi connectivity index (χ0v) is 17.6. The third-order valence-electron chi connectivity index (χ3n) is 4.68. The van der Waals surface area contributed by atoms with E-state index in [1.807, 2.05) is 43.1 Å². The van der Waals surface area contributed by atoms with Crippen molar-refractivity contribution in [2.75, 3.05) is 18.9 Å². The van der Waals surface area contributed by atoms with E-state index in [-0.39, 0.29) is 10.8 Å². The van der Waals surface area contributed by atoms with Crippen LogP contribution in [0.1, 0.15) is 25.3 Å². The molecule has 0 bridgehead atoms. The van der Waals surface area contributed by atoms with E-state index < -0.39 is 16.1 Å². The van der Waals surface area contributed by atoms with Crippen LogP contribution in [0.3, 0.4) is 0 Å². The maximum atomic E-state index is 12.5. The van der Waals surface area contributed by atoms with E-state index in [0.717, 1.165) is 18.5 Å². The van der Waals surface area contributed by atoms with Crippen molar-refractivity contribution >= 4 is 27.5 Å². The van der Waals surface area contributed by atoms with Gasteiger partial charge in [-0.05, 0) is 56.7 Å². The number of carbonyl (C=O) groups excluding carboxylic acids is 1. The van der Waals surface area contributed by atoms with Gasteiger partial charge >= 0.3 is 0 Å². The molecule has 1 N–H and O–H groups in total. The molecule has 1 aliphatic heterocycles. The Morgan fingerprint density at radius 1 is 1.14 bits per heavy atom. The molecule has 29 heavy (non-hydrogen) atoms. The monoisotopic (exact) mass is 415 g/mol. The fourth-order valence-corrected chi connectivity index (χ4v) is 4.02. The highest BCUT2D eigenvalue weighted by Gasteiger charge is 2.20. The fourth-order valence-electron chi connectivity index (χ4n) is 2.93. The number of anilines is 1. The first-order chi connectivity index (χ1) is 13.7. The average molecular weight is 416 g/mol. The molecular formula is C21H25N3O4S. The highest BCUT2D eigenvalue weighted by molar-refractivity contribution is 7.90. The first kappa shape index (κ1) is 20.9. The molecule has 0 aromatic heterocycles. The van der Waals surface area contributed by atoms with Gasteiger partial charge in [-0.25, -0.2) is 0 Å². The Hall–Kier alpha value is -2.87. The molecule has 8 heteroatoms. The predicted molar refractivity (Wildman–Crippen MR) is 113 cm³/mol. The lowest BCUT2D eigenvalue weighted by Gasteiger charge is -2.15. The van der Waals surface area contributed by atoms with E-state index in [9.17, 15) is 13.2 Å². The molecule has 1 saturated heterocycles. The molecule has 1 unspecified atom stereocenters. The van der Waals surface area contributed by atoms with Crippen molar-refractivity contribution in [3.63, 3.8) is 0 Å². The van der Waals surface area contributed by atoms with Gasteiger partial charge in [-0.1, -0.05) is 17.7 Å². The summed E-state index contributed by atoms with van der Waals surface area (Å²) in [6.07, 6.45) is 0.854. The number of sulfonamides is 1. The largest absolute Gasteiger partial charge is 0.481 e. The lowest BCUT2D eigenvalue weighted by molar-refractivity contribution is -0.122. The van der Waals surface area contributed by atoms with Gasteiger partial charge < -0.3 is 15.0 Å². The molecule has 2 aromatic carbocycles. The van der Waals surface area contributed by atoms with E-state index in [4.69, 9.17) is 4.74 Å². The molecule has 7 nitrogen and oxygen atoms in total. The molecule has 1 heterocycles. The van der Waals surface area contributed by atoms with Crippen LogP contribution in [0.4, 0.5) is 5.69 Å². The van der Waals surface area contributed by atoms with Crippen LogP contribution in [-0.2, 0) is 14.8 Å². The van der Waals surface area contributed by atoms with Gasteiger partial charge in [0.25, 0.3) is 15.9 Å². The van der Waals surface area contributed by atoms with Crippen molar-refractivity contribution in [2.24, 2.45) is 4.40 Å². The summed E-state index contributed by atoms with van der Waals surface area (Å²) in [6, 6.07) is 13.4. The molecule has 0 saturated carbocycles. The number of amides is 1. The number of nitrogens with one attached hydrogen (secondary N) is 1. The summed E-state index contributed by atoms with van der Waals surface area (Å²) in [7, 11) is -1.94. The second-order valence-electron chi connectivity index (χ2n) is 7.09. The summed E-state index contributed by atoms with van der Waals surface area (Å²) in [5.74, 6) is 0.856. The second-order valence-corrected chi connectivity index (χ2v) is 8.70. The number of amidine groups is 1. The molecule has 0 aliphatic carbocycles. The predicted octanol–water partition coefficient (Wildman–Crippen LogP) is 3.21. The number of ether oxygens (including phenoxy) is 1. The van der Waals surface area contributed by atoms with Crippen molar-refractivity contribution in [1.82, 2.24) is 4.90 Å². The lowest BCUT2D eigenvalue weighted by Crippen LogP contribution is -2.30. The summed E-state index contributed by atoms with van der Waals surface area (Å²) in [4.78, 5) is 14.3. The van der Waals surface area contributed by atoms with E-state index in [1.165, 1.54) is 12.1 Å². The molecule has 1 fully saturated rings. The smallest absolute Gasteiger partial charge is 0.283 e. The Kier molecular flexibility index (Phi) is 6.22. The number of nitrogens with zero attached hydrogens (tertiary/aromatic N) is 2. The lowest BCUT2D eigenvalue weighted by atomic mass is 10.2. The van der Waals surface area contributed by atoms with Crippen LogP contribution >= 0.6 is 0 Å². The van der Waals surface area contributed by atoms with Crippen LogP contribution in [0, 0.1) is 6.92 Å². The summed E-state index contributed by atoms with van der Waals surface area (Å²) >= 11 is 0. The molecule has 2 aromatic rings. The van der Waals surface area contributed by atoms with Gasteiger partial charge in [-0.15, -0.1) is 4.40 Å². The Labute approximate surface area is 171 Å². The Bertz CT molecular complexity index is 999. The summed E-state index contributed by atoms with van der Waals surface area (Å²) in [5, 5.41) is 2.73. The number of rotatable bonds is 6. The Balaban J connectivity index is 1.63. The minimum absolute atomic E-state index is 0.0900. The quantitative estimate of drug-likeness (QED) is 0.783. The highest BCUT2D eigenvalue weighted by Crippen LogP contribution is 2.20. The summed E-state index contributed by atoms with van der Waals surface area (Å²) in [5.41, 5.74) is 1.59. The summed E-state index contributed by atoms with van der Waals surface area (Å²) in [6.45, 7) is 4.44. The third-order valence-corrected chi connectivity index (χ3v) is 6.00. The zero-order valence-electron chi connectivity index (χ0n) is 16.8. The van der Waals surface area contributed by atoms with Gasteiger partial charge in [0.05, 0.1) is 4.90 Å². The number of likely N-dealkylation sites (tertiary alicyclic amines) is 1. The number of benzene rings is 2. The minimum atomic E-state index is -3.77. The maximum absolute atomic E-state index is 12.5. The van der Waals surface area contributed by atoms with Crippen molar-refractivity contribution in [2.45, 2.75) is 37.7 Å². The fraction of sp³-hybridized carbons (Fsp3) is 0.333. The molecular weight excluding hydrogens is 390 g/mol. The molecule has 3 rings (SSSR count). The first-order valence-corrected chi connectivity index (χ1v) is 10.9. The zero-order chi connectivity index (χ0) is 21.0. The standard InChI is InChI=1S/C21H25N3O4S/c1-15-6-10-18(11-7-15)28-16(2)21(25)22-17-8-12-19(13-9-17)29(26,27)23-20-5-4-14-24(20)3/h6-13,16H,4-5,14H2,1-3H3,(H,22,25)/b23-20-. The summed E-state index contributed by atoms with van der Waals surface area (Å²) < 4.78 is 34.5. The Morgan fingerprint density at radius 3 is 2.38 bits per heavy atom. The SMILES string of the molecule is Cc1ccc(OC(C)C(=O)Nc2ccc(S(=O)(=O)/N=C3/CCCN3C)cc2)cc1. The maximum Gasteiger partial charge on any atom is 0.283 e. The van der Waals surface area contributed by atoms with E-state index in [1.54, 1.807) is 19.1 Å². The van der Waals surface area contributed by atoms with Crippen LogP contribution in [0.2, 0.25) is 0 Å². The average Bonchev–Trinajstić information content (AvgIpc) is 3.08. The Morgan fingerprint density at radius 2 is 1.79 bits per heavy atom. The third kappa shape index (κ3) is 5.35. The molecule has 154 valence electrons. The second kappa shape index (κ2) is 8.65. The van der Waals surface area contributed by atoms with E-state index in [0.29, 0.717) is 23.7 Å². The minimum Gasteiger partial charge on any atom is -0.481 e. The van der Waals surface area contributed by atoms with Crippen LogP contribution < -0.4 is 10.1 Å². The normalized spacial score (nSPS) is 16.7. The number of hydrogen-bond donors (Lipinski definition) is 1. The molecule has 0 spiro atoms. The van der Waals surface area contributed by atoms with Crippen LogP contribution in [-0.4, -0.2) is 44.8 Å². The number of aryl methyl sites for hydroxylation is 1. The highest BCUT2D eigenvalue weighted by atomic mass is 32.2. The van der Waals surface area contributed by atoms with Crippen LogP contribution in [0.25, 0.3) is 0 Å². The van der Waals surface area contributed by atoms with Gasteiger partial charge in [0.1, 0.15) is 11.6 Å². The van der Waals surface area contributed by atoms with Crippen molar-refractivity contribution in [1.29, 1.82) is 0 Å². The van der Waals surface area contributed by atoms with Crippen LogP contribution in [0.15, 0.2) is 57.8 Å². The van der Waals surface area contributed by atoms with Crippen molar-refractivity contribution in [3.8, 4) is 5.75 Å². The molecule has 1 aliphatic rings. The van der Waals surface area contributed by atoms with E-state index >= 15 is 0 Å². The number of carbonyl (C=O) groups is 1. The van der Waals surface area contributed by atoms with Gasteiger partial charge in [0.2, 0.25) is 0 Å². The van der Waals surface area contributed by atoms with Crippen molar-refractivity contribution in [3.05, 3.63) is 54.1 Å². The van der Waals surface area contributed by atoms with Crippen molar-refractivity contribution < 1.29 is 17.9 Å². The van der Waals surface area contributed by atoms with Gasteiger partial charge in [-0.3, -0.25) is 4.79 Å². The van der Waals surface area contributed by atoms with Gasteiger partial charge in [0, 0.05) is 25.7 Å². The molecule has 0 radical (unpaired) electrons. The van der Waals surface area contributed by atoms with Gasteiger partial charge in [-0.2, -0.15) is 8.42 Å².